The third-order valence-electron chi connectivity index (χ3n) is 3.42. The van der Waals surface area contributed by atoms with Gasteiger partial charge in [-0.1, -0.05) is 12.1 Å². The molecule has 97 valence electrons. The Hall–Kier alpha value is -1.39. The predicted octanol–water partition coefficient (Wildman–Crippen LogP) is 1.24. The fraction of sp³-hybridized carbons (Fsp3) is 0.500. The van der Waals surface area contributed by atoms with E-state index in [1.54, 1.807) is 19.2 Å². The molecule has 4 nitrogen and oxygen atoms in total. The first-order valence-electron chi connectivity index (χ1n) is 6.24. The van der Waals surface area contributed by atoms with Gasteiger partial charge in [-0.2, -0.15) is 0 Å². The summed E-state index contributed by atoms with van der Waals surface area (Å²) in [6.07, 6.45) is 0.119. The first kappa shape index (κ1) is 13.1. The summed E-state index contributed by atoms with van der Waals surface area (Å²) in [5, 5.41) is 0. The molecule has 1 unspecified atom stereocenters. The van der Waals surface area contributed by atoms with Gasteiger partial charge in [0, 0.05) is 38.9 Å². The lowest BCUT2D eigenvalue weighted by atomic mass is 10.2. The quantitative estimate of drug-likeness (QED) is 0.805. The number of hydrogen-bond acceptors (Lipinski definition) is 3. The van der Waals surface area contributed by atoms with Crippen molar-refractivity contribution in [1.29, 1.82) is 0 Å². The van der Waals surface area contributed by atoms with Gasteiger partial charge in [-0.05, 0) is 25.1 Å². The van der Waals surface area contributed by atoms with Crippen molar-refractivity contribution in [3.05, 3.63) is 35.9 Å². The largest absolute Gasteiger partial charge is 0.367 e. The van der Waals surface area contributed by atoms with E-state index in [1.165, 1.54) is 0 Å². The number of amides is 1. The number of methoxy groups -OCH3 is 1. The molecule has 0 N–H and O–H groups in total. The summed E-state index contributed by atoms with van der Waals surface area (Å²) in [7, 11) is 1.71. The van der Waals surface area contributed by atoms with Gasteiger partial charge in [0.2, 0.25) is 0 Å². The van der Waals surface area contributed by atoms with Gasteiger partial charge in [-0.3, -0.25) is 9.69 Å². The van der Waals surface area contributed by atoms with Crippen molar-refractivity contribution in [3.63, 3.8) is 0 Å². The Morgan fingerprint density at radius 3 is 2.44 bits per heavy atom. The minimum absolute atomic E-state index is 0.105. The zero-order valence-corrected chi connectivity index (χ0v) is 10.9. The van der Waals surface area contributed by atoms with Gasteiger partial charge in [0.15, 0.2) is 0 Å². The first-order chi connectivity index (χ1) is 8.72. The van der Waals surface area contributed by atoms with E-state index in [1.807, 2.05) is 24.0 Å². The lowest BCUT2D eigenvalue weighted by Gasteiger charge is -2.37. The average molecular weight is 247 g/mol. The third-order valence-corrected chi connectivity index (χ3v) is 3.42. The highest BCUT2D eigenvalue weighted by Crippen LogP contribution is 2.10. The van der Waals surface area contributed by atoms with Gasteiger partial charge in [0.25, 0.3) is 5.91 Å². The maximum Gasteiger partial charge on any atom is 0.253 e. The van der Waals surface area contributed by atoms with Crippen molar-refractivity contribution in [2.45, 2.75) is 13.2 Å². The summed E-state index contributed by atoms with van der Waals surface area (Å²) in [6.45, 7) is 5.26. The molecule has 1 aliphatic rings. The molecular weight excluding hydrogens is 228 g/mol. The zero-order valence-electron chi connectivity index (χ0n) is 10.9. The van der Waals surface area contributed by atoms with E-state index in [4.69, 9.17) is 4.74 Å². The molecule has 2 rings (SSSR count). The summed E-state index contributed by atoms with van der Waals surface area (Å²) in [5.41, 5.74) is 0.738. The molecule has 0 saturated carbocycles. The highest BCUT2D eigenvalue weighted by molar-refractivity contribution is 5.94. The standard InChI is InChI=1S/C14H19N2O2/c1-12(18-2)15-8-10-16(11-9-15)14(17)13-6-4-3-5-7-13/h4-7,12H,8-11H2,1-2H3. The monoisotopic (exact) mass is 247 g/mol. The van der Waals surface area contributed by atoms with Crippen molar-refractivity contribution in [2.75, 3.05) is 33.3 Å². The minimum atomic E-state index is 0.105. The Kier molecular flexibility index (Phi) is 4.33. The molecule has 0 aliphatic carbocycles. The average Bonchev–Trinajstić information content (AvgIpc) is 2.47. The van der Waals surface area contributed by atoms with Crippen molar-refractivity contribution in [3.8, 4) is 0 Å². The second-order valence-corrected chi connectivity index (χ2v) is 4.45. The number of ether oxygens (including phenoxy) is 1. The lowest BCUT2D eigenvalue weighted by Crippen LogP contribution is -2.51. The Bertz CT molecular complexity index is 386. The van der Waals surface area contributed by atoms with E-state index in [0.717, 1.165) is 31.7 Å². The van der Waals surface area contributed by atoms with Gasteiger partial charge in [-0.15, -0.1) is 0 Å². The molecule has 1 fully saturated rings. The molecule has 0 bridgehead atoms. The van der Waals surface area contributed by atoms with E-state index < -0.39 is 0 Å². The Labute approximate surface area is 108 Å². The maximum absolute atomic E-state index is 12.2. The molecule has 4 heteroatoms. The number of carbonyl (C=O) groups excluding carboxylic acids is 1. The van der Waals surface area contributed by atoms with Gasteiger partial charge < -0.3 is 9.64 Å². The number of benzene rings is 1. The van der Waals surface area contributed by atoms with Crippen LogP contribution < -0.4 is 0 Å². The van der Waals surface area contributed by atoms with Crippen LogP contribution in [0.2, 0.25) is 0 Å². The highest BCUT2D eigenvalue weighted by Gasteiger charge is 2.24. The molecule has 1 saturated heterocycles. The van der Waals surface area contributed by atoms with Crippen LogP contribution in [0.3, 0.4) is 0 Å². The van der Waals surface area contributed by atoms with Crippen LogP contribution in [0.25, 0.3) is 0 Å². The normalized spacial score (nSPS) is 18.7. The van der Waals surface area contributed by atoms with Crippen molar-refractivity contribution >= 4 is 5.91 Å². The first-order valence-corrected chi connectivity index (χ1v) is 6.24. The Morgan fingerprint density at radius 2 is 1.89 bits per heavy atom. The number of carbonyl (C=O) groups is 1. The van der Waals surface area contributed by atoms with Crippen LogP contribution in [0.4, 0.5) is 0 Å². The van der Waals surface area contributed by atoms with Crippen LogP contribution in [-0.2, 0) is 4.74 Å². The van der Waals surface area contributed by atoms with Crippen LogP contribution in [0, 0.1) is 6.07 Å². The molecule has 0 aromatic heterocycles. The van der Waals surface area contributed by atoms with Crippen molar-refractivity contribution < 1.29 is 9.53 Å². The Morgan fingerprint density at radius 1 is 1.28 bits per heavy atom. The highest BCUT2D eigenvalue weighted by atomic mass is 16.5. The van der Waals surface area contributed by atoms with E-state index in [9.17, 15) is 4.79 Å². The number of piperazine rings is 1. The summed E-state index contributed by atoms with van der Waals surface area (Å²) in [5.74, 6) is 0.105. The second kappa shape index (κ2) is 5.98. The van der Waals surface area contributed by atoms with E-state index in [-0.39, 0.29) is 12.1 Å². The molecule has 1 atom stereocenters. The van der Waals surface area contributed by atoms with E-state index >= 15 is 0 Å². The molecule has 1 radical (unpaired) electrons. The molecular formula is C14H19N2O2. The topological polar surface area (TPSA) is 32.8 Å². The van der Waals surface area contributed by atoms with Gasteiger partial charge in [0.05, 0.1) is 0 Å². The van der Waals surface area contributed by atoms with E-state index in [0.29, 0.717) is 0 Å². The molecule has 18 heavy (non-hydrogen) atoms. The predicted molar refractivity (Wildman–Crippen MR) is 69.2 cm³/mol. The lowest BCUT2D eigenvalue weighted by molar-refractivity contribution is -0.0383. The van der Waals surface area contributed by atoms with Crippen LogP contribution in [0.1, 0.15) is 17.3 Å². The molecule has 1 heterocycles. The van der Waals surface area contributed by atoms with Crippen LogP contribution in [0.15, 0.2) is 24.3 Å². The summed E-state index contributed by atoms with van der Waals surface area (Å²) in [6, 6.07) is 10.1. The van der Waals surface area contributed by atoms with Crippen molar-refractivity contribution in [1.82, 2.24) is 9.80 Å². The summed E-state index contributed by atoms with van der Waals surface area (Å²) >= 11 is 0. The number of rotatable bonds is 3. The van der Waals surface area contributed by atoms with Crippen LogP contribution >= 0.6 is 0 Å². The molecule has 1 aliphatic heterocycles. The second-order valence-electron chi connectivity index (χ2n) is 4.45. The number of hydrogen-bond donors (Lipinski definition) is 0. The van der Waals surface area contributed by atoms with E-state index in [2.05, 4.69) is 11.0 Å². The van der Waals surface area contributed by atoms with Gasteiger partial charge in [0.1, 0.15) is 6.23 Å². The van der Waals surface area contributed by atoms with Gasteiger partial charge in [-0.25, -0.2) is 0 Å². The molecule has 0 spiro atoms. The zero-order chi connectivity index (χ0) is 13.0. The molecule has 1 aromatic rings. The van der Waals surface area contributed by atoms with Gasteiger partial charge >= 0.3 is 0 Å². The minimum Gasteiger partial charge on any atom is -0.367 e. The SMILES string of the molecule is COC(C)N1CCN(C(=O)c2cc[c]cc2)CC1. The van der Waals surface area contributed by atoms with Crippen molar-refractivity contribution in [2.24, 2.45) is 0 Å². The third kappa shape index (κ3) is 2.89. The maximum atomic E-state index is 12.2. The smallest absolute Gasteiger partial charge is 0.253 e. The number of nitrogens with zero attached hydrogens (tertiary/aromatic N) is 2. The molecule has 1 amide bonds. The summed E-state index contributed by atoms with van der Waals surface area (Å²) < 4.78 is 5.29. The fourth-order valence-corrected chi connectivity index (χ4v) is 2.15. The fourth-order valence-electron chi connectivity index (χ4n) is 2.15. The summed E-state index contributed by atoms with van der Waals surface area (Å²) in [4.78, 5) is 16.3. The van der Waals surface area contributed by atoms with Crippen LogP contribution in [0.5, 0.6) is 0 Å². The molecule has 1 aromatic carbocycles. The van der Waals surface area contributed by atoms with Crippen LogP contribution in [-0.4, -0.2) is 55.2 Å². The Balaban J connectivity index is 1.92.